The van der Waals surface area contributed by atoms with Gasteiger partial charge in [0.1, 0.15) is 0 Å². The molecule has 0 bridgehead atoms. The Morgan fingerprint density at radius 1 is 1.07 bits per heavy atom. The molecule has 2 aliphatic heterocycles. The van der Waals surface area contributed by atoms with E-state index in [9.17, 15) is 0 Å². The molecule has 5 heteroatoms. The van der Waals surface area contributed by atoms with Gasteiger partial charge in [-0.15, -0.1) is 0 Å². The molecule has 1 N–H and O–H groups in total. The first-order valence-corrected chi connectivity index (χ1v) is 7.24. The molecule has 2 fully saturated rings. The molecule has 0 spiro atoms. The van der Waals surface area contributed by atoms with E-state index in [0.717, 1.165) is 6.04 Å². The van der Waals surface area contributed by atoms with E-state index >= 15 is 0 Å². The summed E-state index contributed by atoms with van der Waals surface area (Å²) in [4.78, 5) is 2.65. The van der Waals surface area contributed by atoms with Crippen molar-refractivity contribution in [3.05, 3.63) is 0 Å². The second kappa shape index (κ2) is 5.61. The fourth-order valence-electron chi connectivity index (χ4n) is 2.34. The fraction of sp³-hybridized carbons (Fsp3) is 1.00. The van der Waals surface area contributed by atoms with Gasteiger partial charge in [-0.3, -0.25) is 4.90 Å². The highest BCUT2D eigenvalue weighted by atomic mass is 33.1. The van der Waals surface area contributed by atoms with Crippen LogP contribution in [0, 0.1) is 0 Å². The minimum atomic E-state index is 0.828. The summed E-state index contributed by atoms with van der Waals surface area (Å²) in [6, 6.07) is 0.828. The molecule has 82 valence electrons. The molecule has 0 saturated carbocycles. The molecule has 3 nitrogen and oxygen atoms in total. The lowest BCUT2D eigenvalue weighted by Crippen LogP contribution is -2.51. The Balaban J connectivity index is 1.76. The van der Waals surface area contributed by atoms with Gasteiger partial charge >= 0.3 is 0 Å². The van der Waals surface area contributed by atoms with Crippen molar-refractivity contribution in [2.24, 2.45) is 0 Å². The third kappa shape index (κ3) is 2.79. The van der Waals surface area contributed by atoms with Gasteiger partial charge in [0.05, 0.1) is 0 Å². The first-order chi connectivity index (χ1) is 6.90. The normalized spacial score (nSPS) is 28.1. The van der Waals surface area contributed by atoms with E-state index in [4.69, 9.17) is 0 Å². The van der Waals surface area contributed by atoms with E-state index < -0.39 is 0 Å². The summed E-state index contributed by atoms with van der Waals surface area (Å²) in [5, 5.41) is 3.41. The number of piperazine rings is 1. The van der Waals surface area contributed by atoms with Crippen LogP contribution in [-0.4, -0.2) is 54.5 Å². The zero-order valence-corrected chi connectivity index (χ0v) is 10.2. The Bertz CT molecular complexity index is 165. The van der Waals surface area contributed by atoms with Crippen molar-refractivity contribution in [1.82, 2.24) is 14.5 Å². The maximum Gasteiger partial charge on any atom is 0.0121 e. The van der Waals surface area contributed by atoms with Crippen LogP contribution in [-0.2, 0) is 0 Å². The molecule has 0 aromatic carbocycles. The van der Waals surface area contributed by atoms with Crippen molar-refractivity contribution in [2.75, 3.05) is 39.3 Å². The highest BCUT2D eigenvalue weighted by Gasteiger charge is 2.25. The molecule has 14 heavy (non-hydrogen) atoms. The standard InChI is InChI=1S/C9H19N3S2/c13-14-12-5-1-9(2-6-12)11-7-3-10-4-8-11/h9-10,13H,1-8H2. The minimum absolute atomic E-state index is 0.828. The van der Waals surface area contributed by atoms with E-state index in [1.165, 1.54) is 52.1 Å². The number of thiol groups is 1. The van der Waals surface area contributed by atoms with Crippen LogP contribution in [0.15, 0.2) is 0 Å². The second-order valence-electron chi connectivity index (χ2n) is 4.03. The predicted molar refractivity (Wildman–Crippen MR) is 65.6 cm³/mol. The summed E-state index contributed by atoms with van der Waals surface area (Å²) in [7, 11) is 1.59. The number of nitrogens with one attached hydrogen (secondary N) is 1. The minimum Gasteiger partial charge on any atom is -0.314 e. The lowest BCUT2D eigenvalue weighted by atomic mass is 10.0. The van der Waals surface area contributed by atoms with Crippen LogP contribution < -0.4 is 5.32 Å². The van der Waals surface area contributed by atoms with E-state index in [0.29, 0.717) is 0 Å². The lowest BCUT2D eigenvalue weighted by Gasteiger charge is -2.39. The van der Waals surface area contributed by atoms with E-state index in [-0.39, 0.29) is 0 Å². The van der Waals surface area contributed by atoms with E-state index in [1.807, 2.05) is 0 Å². The van der Waals surface area contributed by atoms with Gasteiger partial charge in [0.2, 0.25) is 0 Å². The highest BCUT2D eigenvalue weighted by molar-refractivity contribution is 8.67. The number of hydrogen-bond acceptors (Lipinski definition) is 5. The average molecular weight is 233 g/mol. The van der Waals surface area contributed by atoms with Gasteiger partial charge < -0.3 is 5.32 Å². The molecule has 2 aliphatic rings. The fourth-order valence-corrected chi connectivity index (χ4v) is 3.20. The molecule has 0 aliphatic carbocycles. The molecule has 0 aromatic rings. The predicted octanol–water partition coefficient (Wildman–Crippen LogP) is 0.849. The zero-order valence-electron chi connectivity index (χ0n) is 8.48. The Morgan fingerprint density at radius 3 is 2.29 bits per heavy atom. The van der Waals surface area contributed by atoms with Crippen molar-refractivity contribution >= 4 is 22.6 Å². The van der Waals surface area contributed by atoms with Crippen molar-refractivity contribution in [2.45, 2.75) is 18.9 Å². The van der Waals surface area contributed by atoms with Crippen molar-refractivity contribution in [3.63, 3.8) is 0 Å². The van der Waals surface area contributed by atoms with Crippen LogP contribution in [0.5, 0.6) is 0 Å². The number of nitrogens with zero attached hydrogens (tertiary/aromatic N) is 2. The van der Waals surface area contributed by atoms with Gasteiger partial charge in [-0.25, -0.2) is 4.31 Å². The summed E-state index contributed by atoms with van der Waals surface area (Å²) in [6.45, 7) is 7.20. The van der Waals surface area contributed by atoms with Crippen LogP contribution in [0.2, 0.25) is 0 Å². The largest absolute Gasteiger partial charge is 0.314 e. The number of hydrogen-bond donors (Lipinski definition) is 2. The summed E-state index contributed by atoms with van der Waals surface area (Å²) in [5.74, 6) is 0. The Morgan fingerprint density at radius 2 is 1.71 bits per heavy atom. The average Bonchev–Trinajstić information content (AvgIpc) is 2.30. The highest BCUT2D eigenvalue weighted by Crippen LogP contribution is 2.23. The Hall–Kier alpha value is 0.580. The topological polar surface area (TPSA) is 18.5 Å². The summed E-state index contributed by atoms with van der Waals surface area (Å²) in [5.41, 5.74) is 0. The van der Waals surface area contributed by atoms with Crippen LogP contribution in [0.25, 0.3) is 0 Å². The number of rotatable bonds is 2. The molecule has 2 rings (SSSR count). The summed E-state index contributed by atoms with van der Waals surface area (Å²) in [6.07, 6.45) is 2.63. The van der Waals surface area contributed by atoms with Crippen LogP contribution in [0.1, 0.15) is 12.8 Å². The quantitative estimate of drug-likeness (QED) is 0.418. The molecule has 2 heterocycles. The maximum absolute atomic E-state index is 4.24. The first-order valence-electron chi connectivity index (χ1n) is 5.41. The van der Waals surface area contributed by atoms with Crippen LogP contribution in [0.4, 0.5) is 0 Å². The van der Waals surface area contributed by atoms with Crippen molar-refractivity contribution < 1.29 is 0 Å². The van der Waals surface area contributed by atoms with Gasteiger partial charge in [0.15, 0.2) is 0 Å². The van der Waals surface area contributed by atoms with Gasteiger partial charge in [-0.2, -0.15) is 0 Å². The third-order valence-electron chi connectivity index (χ3n) is 3.21. The smallest absolute Gasteiger partial charge is 0.0121 e. The monoisotopic (exact) mass is 233 g/mol. The van der Waals surface area contributed by atoms with Crippen LogP contribution >= 0.6 is 22.6 Å². The third-order valence-corrected chi connectivity index (χ3v) is 4.50. The molecular formula is C9H19N3S2. The van der Waals surface area contributed by atoms with Gasteiger partial charge in [0.25, 0.3) is 0 Å². The number of piperidine rings is 1. The SMILES string of the molecule is SSN1CCC(N2CCNCC2)CC1. The van der Waals surface area contributed by atoms with Gasteiger partial charge in [-0.05, 0) is 23.8 Å². The van der Waals surface area contributed by atoms with Gasteiger partial charge in [0, 0.05) is 45.3 Å². The Labute approximate surface area is 95.5 Å². The van der Waals surface area contributed by atoms with E-state index in [2.05, 4.69) is 26.2 Å². The molecule has 2 saturated heterocycles. The molecule has 0 amide bonds. The second-order valence-corrected chi connectivity index (χ2v) is 5.20. The van der Waals surface area contributed by atoms with E-state index in [1.54, 1.807) is 11.0 Å². The van der Waals surface area contributed by atoms with Gasteiger partial charge in [-0.1, -0.05) is 11.7 Å². The summed E-state index contributed by atoms with van der Waals surface area (Å²) >= 11 is 4.24. The molecular weight excluding hydrogens is 214 g/mol. The van der Waals surface area contributed by atoms with Crippen molar-refractivity contribution in [1.29, 1.82) is 0 Å². The maximum atomic E-state index is 4.24. The molecule has 0 aromatic heterocycles. The zero-order chi connectivity index (χ0) is 9.80. The first kappa shape index (κ1) is 11.1. The summed E-state index contributed by atoms with van der Waals surface area (Å²) < 4.78 is 2.35. The molecule has 0 unspecified atom stereocenters. The Kier molecular flexibility index (Phi) is 4.44. The van der Waals surface area contributed by atoms with Crippen molar-refractivity contribution in [3.8, 4) is 0 Å². The lowest BCUT2D eigenvalue weighted by molar-refractivity contribution is 0.128. The van der Waals surface area contributed by atoms with Crippen LogP contribution in [0.3, 0.4) is 0 Å². The molecule has 0 radical (unpaired) electrons. The molecule has 0 atom stereocenters.